The van der Waals surface area contributed by atoms with E-state index in [1.165, 1.54) is 0 Å². The van der Waals surface area contributed by atoms with Crippen molar-refractivity contribution < 1.29 is 14.9 Å². The van der Waals surface area contributed by atoms with E-state index in [0.29, 0.717) is 11.5 Å². The second-order valence-electron chi connectivity index (χ2n) is 6.00. The first-order valence-electron chi connectivity index (χ1n) is 6.66. The van der Waals surface area contributed by atoms with E-state index in [9.17, 15) is 10.2 Å². The Bertz CT molecular complexity index is 655. The van der Waals surface area contributed by atoms with Crippen molar-refractivity contribution in [2.24, 2.45) is 0 Å². The minimum absolute atomic E-state index is 0.222. The van der Waals surface area contributed by atoms with E-state index < -0.39 is 0 Å². The fourth-order valence-corrected chi connectivity index (χ4v) is 2.76. The van der Waals surface area contributed by atoms with Crippen molar-refractivity contribution in [2.75, 3.05) is 0 Å². The number of aromatic hydroxyl groups is 2. The van der Waals surface area contributed by atoms with Gasteiger partial charge in [0, 0.05) is 28.7 Å². The quantitative estimate of drug-likeness (QED) is 0.756. The number of hydrogen-bond donors (Lipinski definition) is 2. The van der Waals surface area contributed by atoms with Crippen LogP contribution in [0.4, 0.5) is 0 Å². The number of fused-ring (bicyclic) bond motifs is 2. The summed E-state index contributed by atoms with van der Waals surface area (Å²) in [4.78, 5) is 0. The van der Waals surface area contributed by atoms with E-state index in [2.05, 4.69) is 13.8 Å². The summed E-state index contributed by atoms with van der Waals surface area (Å²) in [5, 5.41) is 19.7. The third-order valence-corrected chi connectivity index (χ3v) is 4.16. The van der Waals surface area contributed by atoms with Gasteiger partial charge in [0.15, 0.2) is 0 Å². The van der Waals surface area contributed by atoms with E-state index in [0.717, 1.165) is 22.3 Å². The molecule has 0 bridgehead atoms. The standard InChI is InChI=1S/C17H18O3/c1-9-5-11-15(7-13(9)18)20-16-8-14(19)10(2)6-12(16)17(11,3)4/h5-8,18-19H,1-4H3. The molecular weight excluding hydrogens is 252 g/mol. The smallest absolute Gasteiger partial charge is 0.135 e. The van der Waals surface area contributed by atoms with Crippen molar-refractivity contribution in [1.82, 2.24) is 0 Å². The number of hydrogen-bond acceptors (Lipinski definition) is 3. The Balaban J connectivity index is 2.28. The van der Waals surface area contributed by atoms with Crippen LogP contribution in [0.25, 0.3) is 0 Å². The average molecular weight is 270 g/mol. The second kappa shape index (κ2) is 3.92. The number of aryl methyl sites for hydroxylation is 2. The van der Waals surface area contributed by atoms with Gasteiger partial charge in [-0.05, 0) is 37.1 Å². The van der Waals surface area contributed by atoms with Crippen LogP contribution in [0.5, 0.6) is 23.0 Å². The molecule has 2 aromatic rings. The first kappa shape index (κ1) is 12.9. The Kier molecular flexibility index (Phi) is 2.52. The number of benzene rings is 2. The Labute approximate surface area is 118 Å². The van der Waals surface area contributed by atoms with E-state index in [1.54, 1.807) is 12.1 Å². The van der Waals surface area contributed by atoms with Crippen LogP contribution in [0.1, 0.15) is 36.1 Å². The second-order valence-corrected chi connectivity index (χ2v) is 6.00. The highest BCUT2D eigenvalue weighted by Gasteiger charge is 2.35. The lowest BCUT2D eigenvalue weighted by Gasteiger charge is -2.35. The molecule has 0 atom stereocenters. The number of phenols is 2. The van der Waals surface area contributed by atoms with Crippen molar-refractivity contribution in [3.05, 3.63) is 46.5 Å². The molecule has 1 heterocycles. The zero-order valence-corrected chi connectivity index (χ0v) is 12.1. The van der Waals surface area contributed by atoms with E-state index in [-0.39, 0.29) is 16.9 Å². The van der Waals surface area contributed by atoms with Crippen molar-refractivity contribution in [2.45, 2.75) is 33.1 Å². The number of ether oxygens (including phenoxy) is 1. The van der Waals surface area contributed by atoms with Gasteiger partial charge in [0.25, 0.3) is 0 Å². The van der Waals surface area contributed by atoms with Crippen molar-refractivity contribution in [1.29, 1.82) is 0 Å². The molecular formula is C17H18O3. The van der Waals surface area contributed by atoms with Crippen LogP contribution in [-0.4, -0.2) is 10.2 Å². The van der Waals surface area contributed by atoms with Gasteiger partial charge >= 0.3 is 0 Å². The zero-order valence-electron chi connectivity index (χ0n) is 12.1. The van der Waals surface area contributed by atoms with Gasteiger partial charge in [0.2, 0.25) is 0 Å². The van der Waals surface area contributed by atoms with Crippen molar-refractivity contribution in [3.8, 4) is 23.0 Å². The van der Waals surface area contributed by atoms with Gasteiger partial charge in [0.05, 0.1) is 0 Å². The molecule has 20 heavy (non-hydrogen) atoms. The van der Waals surface area contributed by atoms with Gasteiger partial charge < -0.3 is 14.9 Å². The predicted octanol–water partition coefficient (Wildman–Crippen LogP) is 4.15. The predicted molar refractivity (Wildman–Crippen MR) is 77.9 cm³/mol. The molecule has 3 nitrogen and oxygen atoms in total. The summed E-state index contributed by atoms with van der Waals surface area (Å²) in [6, 6.07) is 7.23. The lowest BCUT2D eigenvalue weighted by Crippen LogP contribution is -2.24. The van der Waals surface area contributed by atoms with Crippen molar-refractivity contribution >= 4 is 0 Å². The molecule has 0 radical (unpaired) electrons. The molecule has 0 fully saturated rings. The van der Waals surface area contributed by atoms with E-state index in [4.69, 9.17) is 4.74 Å². The van der Waals surface area contributed by atoms with Crippen molar-refractivity contribution in [3.63, 3.8) is 0 Å². The molecule has 3 rings (SSSR count). The fourth-order valence-electron chi connectivity index (χ4n) is 2.76. The molecule has 2 aromatic carbocycles. The molecule has 1 aliphatic rings. The van der Waals surface area contributed by atoms with Crippen LogP contribution in [0.2, 0.25) is 0 Å². The first-order chi connectivity index (χ1) is 9.30. The molecule has 0 saturated heterocycles. The fraction of sp³-hybridized carbons (Fsp3) is 0.294. The molecule has 0 saturated carbocycles. The lowest BCUT2D eigenvalue weighted by molar-refractivity contribution is 0.401. The molecule has 0 amide bonds. The van der Waals surface area contributed by atoms with Gasteiger partial charge in [-0.2, -0.15) is 0 Å². The summed E-state index contributed by atoms with van der Waals surface area (Å²) in [5.41, 5.74) is 3.52. The van der Waals surface area contributed by atoms with Crippen LogP contribution >= 0.6 is 0 Å². The largest absolute Gasteiger partial charge is 0.508 e. The third kappa shape index (κ3) is 1.66. The summed E-state index contributed by atoms with van der Waals surface area (Å²) in [6.45, 7) is 8.01. The SMILES string of the molecule is Cc1cc2c(cc1O)Oc1cc(O)c(C)cc1C2(C)C. The molecule has 2 N–H and O–H groups in total. The van der Waals surface area contributed by atoms with Gasteiger partial charge in [0.1, 0.15) is 23.0 Å². The zero-order chi connectivity index (χ0) is 14.7. The Hall–Kier alpha value is -2.16. The monoisotopic (exact) mass is 270 g/mol. The van der Waals surface area contributed by atoms with Gasteiger partial charge in [-0.25, -0.2) is 0 Å². The first-order valence-corrected chi connectivity index (χ1v) is 6.66. The van der Waals surface area contributed by atoms with Crippen LogP contribution < -0.4 is 4.74 Å². The highest BCUT2D eigenvalue weighted by Crippen LogP contribution is 2.50. The normalized spacial score (nSPS) is 15.2. The minimum atomic E-state index is -0.236. The number of rotatable bonds is 0. The summed E-state index contributed by atoms with van der Waals surface area (Å²) in [7, 11) is 0. The minimum Gasteiger partial charge on any atom is -0.508 e. The lowest BCUT2D eigenvalue weighted by atomic mass is 9.75. The maximum absolute atomic E-state index is 9.86. The van der Waals surface area contributed by atoms with Crippen LogP contribution in [0.15, 0.2) is 24.3 Å². The molecule has 1 aliphatic heterocycles. The average Bonchev–Trinajstić information content (AvgIpc) is 2.35. The topological polar surface area (TPSA) is 49.7 Å². The highest BCUT2D eigenvalue weighted by molar-refractivity contribution is 5.61. The number of phenolic OH excluding ortho intramolecular Hbond substituents is 2. The van der Waals surface area contributed by atoms with Gasteiger partial charge in [-0.3, -0.25) is 0 Å². The Morgan fingerprint density at radius 3 is 1.60 bits per heavy atom. The van der Waals surface area contributed by atoms with Gasteiger partial charge in [-0.15, -0.1) is 0 Å². The molecule has 0 spiro atoms. The molecule has 0 aromatic heterocycles. The molecule has 3 heteroatoms. The maximum atomic E-state index is 9.86. The summed E-state index contributed by atoms with van der Waals surface area (Å²) in [6.07, 6.45) is 0. The molecule has 104 valence electrons. The van der Waals surface area contributed by atoms with Gasteiger partial charge in [-0.1, -0.05) is 13.8 Å². The van der Waals surface area contributed by atoms with E-state index >= 15 is 0 Å². The maximum Gasteiger partial charge on any atom is 0.135 e. The van der Waals surface area contributed by atoms with Crippen LogP contribution in [0.3, 0.4) is 0 Å². The Morgan fingerprint density at radius 1 is 0.800 bits per heavy atom. The molecule has 0 unspecified atom stereocenters. The van der Waals surface area contributed by atoms with Crippen LogP contribution in [0, 0.1) is 13.8 Å². The highest BCUT2D eigenvalue weighted by atomic mass is 16.5. The summed E-state index contributed by atoms with van der Waals surface area (Å²) in [5.74, 6) is 1.74. The molecule has 0 aliphatic carbocycles. The summed E-state index contributed by atoms with van der Waals surface area (Å²) >= 11 is 0. The van der Waals surface area contributed by atoms with E-state index in [1.807, 2.05) is 26.0 Å². The van der Waals surface area contributed by atoms with Crippen LogP contribution in [-0.2, 0) is 5.41 Å². The summed E-state index contributed by atoms with van der Waals surface area (Å²) < 4.78 is 5.86. The third-order valence-electron chi connectivity index (χ3n) is 4.16. The Morgan fingerprint density at radius 2 is 1.20 bits per heavy atom.